The van der Waals surface area contributed by atoms with Crippen LogP contribution in [0.15, 0.2) is 36.2 Å². The van der Waals surface area contributed by atoms with Gasteiger partial charge >= 0.3 is 5.97 Å². The van der Waals surface area contributed by atoms with Crippen LogP contribution in [-0.2, 0) is 4.79 Å². The summed E-state index contributed by atoms with van der Waals surface area (Å²) >= 11 is 0. The molecule has 4 nitrogen and oxygen atoms in total. The van der Waals surface area contributed by atoms with Crippen LogP contribution in [0.4, 0.5) is 0 Å². The van der Waals surface area contributed by atoms with E-state index in [1.54, 1.807) is 24.4 Å². The summed E-state index contributed by atoms with van der Waals surface area (Å²) < 4.78 is 0. The van der Waals surface area contributed by atoms with Gasteiger partial charge in [0.25, 0.3) is 0 Å². The summed E-state index contributed by atoms with van der Waals surface area (Å²) in [6.07, 6.45) is 5.07. The van der Waals surface area contributed by atoms with Crippen LogP contribution in [0.25, 0.3) is 0 Å². The molecule has 0 unspecified atom stereocenters. The van der Waals surface area contributed by atoms with E-state index >= 15 is 0 Å². The summed E-state index contributed by atoms with van der Waals surface area (Å²) in [6, 6.07) is 3.28. The molecule has 84 valence electrons. The quantitative estimate of drug-likeness (QED) is 0.608. The Balaban J connectivity index is 2.78. The lowest BCUT2D eigenvalue weighted by atomic mass is 10.0. The van der Waals surface area contributed by atoms with Gasteiger partial charge in [0.2, 0.25) is 0 Å². The fraction of sp³-hybridized carbons (Fsp3) is 0.250. The van der Waals surface area contributed by atoms with Gasteiger partial charge < -0.3 is 5.11 Å². The first-order valence-electron chi connectivity index (χ1n) is 5.00. The van der Waals surface area contributed by atoms with E-state index in [2.05, 4.69) is 4.98 Å². The van der Waals surface area contributed by atoms with Crippen LogP contribution in [0.3, 0.4) is 0 Å². The molecule has 0 aliphatic heterocycles. The maximum atomic E-state index is 11.7. The van der Waals surface area contributed by atoms with Crippen molar-refractivity contribution in [3.8, 4) is 0 Å². The van der Waals surface area contributed by atoms with Crippen molar-refractivity contribution in [2.45, 2.75) is 19.8 Å². The smallest absolute Gasteiger partial charge is 0.331 e. The normalized spacial score (nSPS) is 11.2. The Bertz CT molecular complexity index is 410. The van der Waals surface area contributed by atoms with Crippen molar-refractivity contribution in [3.05, 3.63) is 41.7 Å². The number of allylic oxidation sites excluding steroid dienone is 1. The Morgan fingerprint density at radius 1 is 1.50 bits per heavy atom. The molecule has 0 spiro atoms. The molecule has 0 saturated carbocycles. The summed E-state index contributed by atoms with van der Waals surface area (Å²) in [5.41, 5.74) is 0.571. The summed E-state index contributed by atoms with van der Waals surface area (Å²) in [5, 5.41) is 8.86. The van der Waals surface area contributed by atoms with E-state index < -0.39 is 5.97 Å². The maximum Gasteiger partial charge on any atom is 0.331 e. The Morgan fingerprint density at radius 2 is 2.25 bits per heavy atom. The standard InChI is InChI=1S/C12H13NO3/c1-2-4-9(12(15)16)7-11(14)10-5-3-6-13-8-10/h3-6,8H,2,7H2,1H3,(H,15,16)/b9-4+. The Hall–Kier alpha value is -1.97. The first-order chi connectivity index (χ1) is 7.65. The van der Waals surface area contributed by atoms with Crippen molar-refractivity contribution in [1.29, 1.82) is 0 Å². The van der Waals surface area contributed by atoms with Gasteiger partial charge in [-0.3, -0.25) is 9.78 Å². The highest BCUT2D eigenvalue weighted by molar-refractivity contribution is 6.02. The number of nitrogens with zero attached hydrogens (tertiary/aromatic N) is 1. The minimum atomic E-state index is -1.04. The van der Waals surface area contributed by atoms with E-state index in [4.69, 9.17) is 5.11 Å². The average Bonchev–Trinajstić information content (AvgIpc) is 2.29. The highest BCUT2D eigenvalue weighted by atomic mass is 16.4. The van der Waals surface area contributed by atoms with Gasteiger partial charge in [-0.15, -0.1) is 0 Å². The maximum absolute atomic E-state index is 11.7. The van der Waals surface area contributed by atoms with Gasteiger partial charge in [-0.2, -0.15) is 0 Å². The Morgan fingerprint density at radius 3 is 2.75 bits per heavy atom. The van der Waals surface area contributed by atoms with Crippen LogP contribution in [0.1, 0.15) is 30.1 Å². The fourth-order valence-electron chi connectivity index (χ4n) is 1.28. The van der Waals surface area contributed by atoms with Crippen molar-refractivity contribution >= 4 is 11.8 Å². The topological polar surface area (TPSA) is 67.3 Å². The highest BCUT2D eigenvalue weighted by Gasteiger charge is 2.13. The van der Waals surface area contributed by atoms with Gasteiger partial charge in [0.05, 0.1) is 0 Å². The van der Waals surface area contributed by atoms with Gasteiger partial charge in [0.15, 0.2) is 5.78 Å². The largest absolute Gasteiger partial charge is 0.478 e. The molecule has 0 radical (unpaired) electrons. The molecule has 0 aliphatic carbocycles. The van der Waals surface area contributed by atoms with Crippen LogP contribution >= 0.6 is 0 Å². The van der Waals surface area contributed by atoms with Crippen molar-refractivity contribution in [2.75, 3.05) is 0 Å². The number of carbonyl (C=O) groups excluding carboxylic acids is 1. The first kappa shape index (κ1) is 12.1. The second-order valence-corrected chi connectivity index (χ2v) is 3.28. The number of carboxylic acid groups (broad SMARTS) is 1. The molecular weight excluding hydrogens is 206 g/mol. The summed E-state index contributed by atoms with van der Waals surface area (Å²) in [4.78, 5) is 26.3. The lowest BCUT2D eigenvalue weighted by molar-refractivity contribution is -0.132. The third-order valence-corrected chi connectivity index (χ3v) is 2.06. The zero-order chi connectivity index (χ0) is 12.0. The molecular formula is C12H13NO3. The molecule has 0 saturated heterocycles. The lowest BCUT2D eigenvalue weighted by Gasteiger charge is -2.01. The van der Waals surface area contributed by atoms with Crippen LogP contribution in [-0.4, -0.2) is 21.8 Å². The van der Waals surface area contributed by atoms with Gasteiger partial charge in [0.1, 0.15) is 0 Å². The van der Waals surface area contributed by atoms with Gasteiger partial charge in [0, 0.05) is 30.0 Å². The van der Waals surface area contributed by atoms with Crippen LogP contribution in [0, 0.1) is 0 Å². The number of hydrogen-bond acceptors (Lipinski definition) is 3. The highest BCUT2D eigenvalue weighted by Crippen LogP contribution is 2.09. The molecule has 1 aromatic rings. The molecule has 0 fully saturated rings. The van der Waals surface area contributed by atoms with Crippen molar-refractivity contribution in [2.24, 2.45) is 0 Å². The predicted molar refractivity (Wildman–Crippen MR) is 59.2 cm³/mol. The molecule has 1 aromatic heterocycles. The number of carbonyl (C=O) groups is 2. The first-order valence-corrected chi connectivity index (χ1v) is 5.00. The summed E-state index contributed by atoms with van der Waals surface area (Å²) in [6.45, 7) is 1.83. The molecule has 0 bridgehead atoms. The van der Waals surface area contributed by atoms with E-state index in [1.165, 1.54) is 6.20 Å². The molecule has 1 rings (SSSR count). The molecule has 4 heteroatoms. The van der Waals surface area contributed by atoms with E-state index in [1.807, 2.05) is 6.92 Å². The minimum absolute atomic E-state index is 0.0884. The second-order valence-electron chi connectivity index (χ2n) is 3.28. The van der Waals surface area contributed by atoms with Crippen molar-refractivity contribution < 1.29 is 14.7 Å². The number of carboxylic acids is 1. The van der Waals surface area contributed by atoms with Gasteiger partial charge in [-0.1, -0.05) is 13.0 Å². The van der Waals surface area contributed by atoms with Crippen LogP contribution < -0.4 is 0 Å². The van der Waals surface area contributed by atoms with Crippen molar-refractivity contribution in [1.82, 2.24) is 4.98 Å². The molecule has 16 heavy (non-hydrogen) atoms. The molecule has 0 aromatic carbocycles. The SMILES string of the molecule is CC/C=C(\CC(=O)c1cccnc1)C(=O)O. The third-order valence-electron chi connectivity index (χ3n) is 2.06. The second kappa shape index (κ2) is 5.80. The fourth-order valence-corrected chi connectivity index (χ4v) is 1.28. The number of Topliss-reactive ketones (excluding diaryl/α,β-unsaturated/α-hetero) is 1. The Kier molecular flexibility index (Phi) is 4.39. The van der Waals surface area contributed by atoms with E-state index in [0.717, 1.165) is 0 Å². The minimum Gasteiger partial charge on any atom is -0.478 e. The molecule has 0 amide bonds. The number of hydrogen-bond donors (Lipinski definition) is 1. The predicted octanol–water partition coefficient (Wildman–Crippen LogP) is 2.08. The number of rotatable bonds is 5. The number of aromatic nitrogens is 1. The van der Waals surface area contributed by atoms with Gasteiger partial charge in [-0.05, 0) is 18.6 Å². The number of ketones is 1. The third kappa shape index (κ3) is 3.31. The number of pyridine rings is 1. The van der Waals surface area contributed by atoms with Crippen LogP contribution in [0.2, 0.25) is 0 Å². The zero-order valence-electron chi connectivity index (χ0n) is 9.01. The van der Waals surface area contributed by atoms with Crippen LogP contribution in [0.5, 0.6) is 0 Å². The summed E-state index contributed by atoms with van der Waals surface area (Å²) in [5.74, 6) is -1.27. The van der Waals surface area contributed by atoms with Gasteiger partial charge in [-0.25, -0.2) is 4.79 Å². The van der Waals surface area contributed by atoms with E-state index in [9.17, 15) is 9.59 Å². The van der Waals surface area contributed by atoms with E-state index in [-0.39, 0.29) is 17.8 Å². The molecule has 0 atom stereocenters. The van der Waals surface area contributed by atoms with Crippen molar-refractivity contribution in [3.63, 3.8) is 0 Å². The number of aliphatic carboxylic acids is 1. The molecule has 1 N–H and O–H groups in total. The molecule has 0 aliphatic rings. The molecule has 1 heterocycles. The average molecular weight is 219 g/mol. The lowest BCUT2D eigenvalue weighted by Crippen LogP contribution is -2.08. The van der Waals surface area contributed by atoms with E-state index in [0.29, 0.717) is 12.0 Å². The monoisotopic (exact) mass is 219 g/mol. The zero-order valence-corrected chi connectivity index (χ0v) is 9.01. The Labute approximate surface area is 93.6 Å². The summed E-state index contributed by atoms with van der Waals surface area (Å²) in [7, 11) is 0.